The van der Waals surface area contributed by atoms with Crippen molar-refractivity contribution in [2.45, 2.75) is 6.17 Å². The van der Waals surface area contributed by atoms with Crippen LogP contribution < -0.4 is 0 Å². The molecule has 0 bridgehead atoms. The Morgan fingerprint density at radius 2 is 1.81 bits per heavy atom. The van der Waals surface area contributed by atoms with E-state index in [1.54, 1.807) is 11.9 Å². The van der Waals surface area contributed by atoms with Crippen LogP contribution in [0.5, 0.6) is 0 Å². The van der Waals surface area contributed by atoms with Gasteiger partial charge in [0, 0.05) is 0 Å². The molecule has 16 heavy (non-hydrogen) atoms. The smallest absolute Gasteiger partial charge is 0.359 e. The van der Waals surface area contributed by atoms with Crippen molar-refractivity contribution in [3.05, 3.63) is 0 Å². The Kier molecular flexibility index (Phi) is 3.84. The summed E-state index contributed by atoms with van der Waals surface area (Å²) in [5, 5.41) is 26.9. The minimum absolute atomic E-state index is 0.113. The highest BCUT2D eigenvalue weighted by atomic mass is 16.4. The first kappa shape index (κ1) is 12.9. The maximum absolute atomic E-state index is 10.8. The van der Waals surface area contributed by atoms with Crippen molar-refractivity contribution >= 4 is 11.9 Å². The van der Waals surface area contributed by atoms with E-state index in [0.29, 0.717) is 13.1 Å². The summed E-state index contributed by atoms with van der Waals surface area (Å²) in [4.78, 5) is 23.4. The molecule has 0 spiro atoms. The Labute approximate surface area is 93.1 Å². The highest BCUT2D eigenvalue weighted by Gasteiger charge is 2.47. The van der Waals surface area contributed by atoms with Crippen molar-refractivity contribution < 1.29 is 29.4 Å². The third-order valence-corrected chi connectivity index (χ3v) is 3.10. The van der Waals surface area contributed by atoms with Crippen LogP contribution in [0.1, 0.15) is 0 Å². The zero-order valence-electron chi connectivity index (χ0n) is 9.17. The Bertz CT molecular complexity index is 278. The first-order valence-electron chi connectivity index (χ1n) is 5.02. The number of aliphatic carboxylic acids is 2. The molecule has 1 saturated heterocycles. The number of carbonyl (C=O) groups is 2. The van der Waals surface area contributed by atoms with Gasteiger partial charge in [-0.15, -0.1) is 0 Å². The van der Waals surface area contributed by atoms with E-state index in [4.69, 9.17) is 10.2 Å². The summed E-state index contributed by atoms with van der Waals surface area (Å²) in [5.41, 5.74) is 0. The van der Waals surface area contributed by atoms with E-state index in [9.17, 15) is 14.7 Å². The summed E-state index contributed by atoms with van der Waals surface area (Å²) in [5.74, 6) is -2.09. The molecule has 1 fully saturated rings. The van der Waals surface area contributed by atoms with Crippen molar-refractivity contribution in [2.75, 3.05) is 39.8 Å². The summed E-state index contributed by atoms with van der Waals surface area (Å²) >= 11 is 0. The predicted octanol–water partition coefficient (Wildman–Crippen LogP) is -1.76. The van der Waals surface area contributed by atoms with E-state index < -0.39 is 18.1 Å². The molecular weight excluding hydrogens is 216 g/mol. The average Bonchev–Trinajstić information content (AvgIpc) is 2.40. The van der Waals surface area contributed by atoms with Crippen LogP contribution in [0.3, 0.4) is 0 Å². The van der Waals surface area contributed by atoms with Gasteiger partial charge >= 0.3 is 11.9 Å². The van der Waals surface area contributed by atoms with Crippen molar-refractivity contribution in [1.82, 2.24) is 4.90 Å². The Balaban J connectivity index is 2.93. The second-order valence-electron chi connectivity index (χ2n) is 4.19. The highest BCUT2D eigenvalue weighted by Crippen LogP contribution is 2.22. The van der Waals surface area contributed by atoms with Gasteiger partial charge in [0.25, 0.3) is 0 Å². The fraction of sp³-hybridized carbons (Fsp3) is 0.778. The second kappa shape index (κ2) is 4.77. The lowest BCUT2D eigenvalue weighted by atomic mass is 10.3. The number of hydrogen-bond acceptors (Lipinski definition) is 4. The average molecular weight is 233 g/mol. The van der Waals surface area contributed by atoms with Gasteiger partial charge in [0.15, 0.2) is 19.3 Å². The Morgan fingerprint density at radius 1 is 1.31 bits per heavy atom. The van der Waals surface area contributed by atoms with Gasteiger partial charge in [-0.2, -0.15) is 0 Å². The van der Waals surface area contributed by atoms with Gasteiger partial charge in [-0.1, -0.05) is 0 Å². The minimum Gasteiger partial charge on any atom is -0.477 e. The molecule has 0 radical (unpaired) electrons. The SMILES string of the molecule is CN1CC[N+](CC(=O)O)(CC(=O)O)C1CO. The van der Waals surface area contributed by atoms with Gasteiger partial charge in [0.1, 0.15) is 6.61 Å². The van der Waals surface area contributed by atoms with E-state index >= 15 is 0 Å². The van der Waals surface area contributed by atoms with E-state index in [-0.39, 0.29) is 24.2 Å². The lowest BCUT2D eigenvalue weighted by Crippen LogP contribution is -2.60. The molecule has 1 rings (SSSR count). The van der Waals surface area contributed by atoms with Gasteiger partial charge in [0.2, 0.25) is 0 Å². The van der Waals surface area contributed by atoms with Crippen molar-refractivity contribution in [3.8, 4) is 0 Å². The molecule has 3 N–H and O–H groups in total. The lowest BCUT2D eigenvalue weighted by Gasteiger charge is -2.37. The topological polar surface area (TPSA) is 98.1 Å². The molecule has 0 aliphatic carbocycles. The van der Waals surface area contributed by atoms with Crippen LogP contribution >= 0.6 is 0 Å². The van der Waals surface area contributed by atoms with Crippen LogP contribution in [0, 0.1) is 0 Å². The van der Waals surface area contributed by atoms with Gasteiger partial charge < -0.3 is 15.3 Å². The molecule has 0 aromatic carbocycles. The lowest BCUT2D eigenvalue weighted by molar-refractivity contribution is -0.931. The van der Waals surface area contributed by atoms with Crippen LogP contribution in [0.4, 0.5) is 0 Å². The molecule has 0 aromatic rings. The standard InChI is InChI=1S/C9H16N2O5/c1-10-2-3-11(4-8(13)14,5-9(15)16)7(10)6-12/h7,12H,2-6H2,1H3,(H-,13,14,15,16)/p+1. The first-order valence-corrected chi connectivity index (χ1v) is 5.02. The Morgan fingerprint density at radius 3 is 2.19 bits per heavy atom. The van der Waals surface area contributed by atoms with Gasteiger partial charge in [0.05, 0.1) is 13.1 Å². The van der Waals surface area contributed by atoms with Crippen LogP contribution in [0.2, 0.25) is 0 Å². The van der Waals surface area contributed by atoms with Crippen LogP contribution in [0.15, 0.2) is 0 Å². The molecule has 1 aliphatic rings. The zero-order chi connectivity index (χ0) is 12.3. The number of carboxylic acid groups (broad SMARTS) is 2. The van der Waals surface area contributed by atoms with E-state index in [1.165, 1.54) is 0 Å². The van der Waals surface area contributed by atoms with E-state index in [2.05, 4.69) is 0 Å². The van der Waals surface area contributed by atoms with Crippen molar-refractivity contribution in [1.29, 1.82) is 0 Å². The maximum Gasteiger partial charge on any atom is 0.359 e. The van der Waals surface area contributed by atoms with Crippen LogP contribution in [0.25, 0.3) is 0 Å². The molecular formula is C9H17N2O5+. The summed E-state index contributed by atoms with van der Waals surface area (Å²) in [6.45, 7) is 0.229. The number of carboxylic acids is 2. The molecule has 92 valence electrons. The third-order valence-electron chi connectivity index (χ3n) is 3.10. The predicted molar refractivity (Wildman–Crippen MR) is 53.6 cm³/mol. The number of hydrogen-bond donors (Lipinski definition) is 3. The molecule has 1 heterocycles. The number of aliphatic hydroxyl groups excluding tert-OH is 1. The molecule has 0 saturated carbocycles. The van der Waals surface area contributed by atoms with Gasteiger partial charge in [-0.25, -0.2) is 14.5 Å². The molecule has 7 heteroatoms. The molecule has 0 aromatic heterocycles. The summed E-state index contributed by atoms with van der Waals surface area (Å²) in [6.07, 6.45) is -0.452. The number of quaternary nitrogens is 1. The molecule has 1 aliphatic heterocycles. The fourth-order valence-electron chi connectivity index (χ4n) is 2.35. The third kappa shape index (κ3) is 2.49. The molecule has 7 nitrogen and oxygen atoms in total. The monoisotopic (exact) mass is 233 g/mol. The number of rotatable bonds is 5. The van der Waals surface area contributed by atoms with Crippen LogP contribution in [-0.4, -0.2) is 82.6 Å². The number of aliphatic hydroxyl groups is 1. The largest absolute Gasteiger partial charge is 0.477 e. The molecule has 1 unspecified atom stereocenters. The number of nitrogens with zero attached hydrogens (tertiary/aromatic N) is 2. The van der Waals surface area contributed by atoms with E-state index in [1.807, 2.05) is 0 Å². The first-order chi connectivity index (χ1) is 7.41. The molecule has 0 amide bonds. The Hall–Kier alpha value is -1.18. The zero-order valence-corrected chi connectivity index (χ0v) is 9.17. The summed E-state index contributed by atoms with van der Waals surface area (Å²) < 4.78 is -0.113. The second-order valence-corrected chi connectivity index (χ2v) is 4.19. The van der Waals surface area contributed by atoms with Crippen molar-refractivity contribution in [2.24, 2.45) is 0 Å². The minimum atomic E-state index is -1.05. The normalized spacial score (nSPS) is 24.5. The number of likely N-dealkylation sites (N-methyl/N-ethyl adjacent to an activating group) is 1. The van der Waals surface area contributed by atoms with Gasteiger partial charge in [-0.05, 0) is 7.05 Å². The highest BCUT2D eigenvalue weighted by molar-refractivity contribution is 5.70. The molecule has 1 atom stereocenters. The van der Waals surface area contributed by atoms with Gasteiger partial charge in [-0.3, -0.25) is 4.48 Å². The van der Waals surface area contributed by atoms with Crippen molar-refractivity contribution in [3.63, 3.8) is 0 Å². The van der Waals surface area contributed by atoms with E-state index in [0.717, 1.165) is 0 Å². The summed E-state index contributed by atoms with van der Waals surface area (Å²) in [7, 11) is 1.75. The maximum atomic E-state index is 10.8. The van der Waals surface area contributed by atoms with Crippen LogP contribution in [-0.2, 0) is 9.59 Å². The quantitative estimate of drug-likeness (QED) is 0.486. The fourth-order valence-corrected chi connectivity index (χ4v) is 2.35. The summed E-state index contributed by atoms with van der Waals surface area (Å²) in [6, 6.07) is 0.